The predicted octanol–water partition coefficient (Wildman–Crippen LogP) is 2.04. The maximum atomic E-state index is 11.9. The Hall–Kier alpha value is -2.08. The molecule has 1 aromatic rings. The molecule has 0 radical (unpaired) electrons. The monoisotopic (exact) mass is 374 g/mol. The number of guanidine groups is 1. The van der Waals surface area contributed by atoms with Gasteiger partial charge in [-0.15, -0.1) is 0 Å². The van der Waals surface area contributed by atoms with Crippen molar-refractivity contribution in [1.82, 2.24) is 15.5 Å². The highest BCUT2D eigenvalue weighted by Crippen LogP contribution is 2.13. The number of aryl methyl sites for hydroxylation is 2. The summed E-state index contributed by atoms with van der Waals surface area (Å²) in [4.78, 5) is 17.9. The van der Waals surface area contributed by atoms with E-state index in [0.717, 1.165) is 32.4 Å². The van der Waals surface area contributed by atoms with Crippen molar-refractivity contribution in [1.29, 1.82) is 0 Å². The maximum absolute atomic E-state index is 11.9. The third-order valence-corrected chi connectivity index (χ3v) is 4.95. The molecule has 0 saturated carbocycles. The van der Waals surface area contributed by atoms with Crippen LogP contribution in [0.4, 0.5) is 0 Å². The second-order valence-electron chi connectivity index (χ2n) is 7.37. The summed E-state index contributed by atoms with van der Waals surface area (Å²) < 4.78 is 5.78. The Bertz CT molecular complexity index is 617. The van der Waals surface area contributed by atoms with Crippen LogP contribution in [0, 0.1) is 13.8 Å². The standard InChI is InChI=1S/C21H34N4O2/c1-16-8-7-9-17(2)19(16)11-12-22-21(24-15-20(26)25(3)4)23-14-18-10-5-6-13-27-18/h7-9,18H,5-6,10-15H2,1-4H3,(H2,22,23,24). The van der Waals surface area contributed by atoms with Gasteiger partial charge in [-0.05, 0) is 56.2 Å². The molecule has 1 heterocycles. The first kappa shape index (κ1) is 21.2. The number of benzene rings is 1. The zero-order valence-electron chi connectivity index (χ0n) is 17.2. The second kappa shape index (κ2) is 10.9. The van der Waals surface area contributed by atoms with Crippen LogP contribution in [0.15, 0.2) is 23.2 Å². The highest BCUT2D eigenvalue weighted by atomic mass is 16.5. The Balaban J connectivity index is 1.91. The van der Waals surface area contributed by atoms with E-state index in [1.54, 1.807) is 19.0 Å². The number of nitrogens with one attached hydrogen (secondary N) is 2. The van der Waals surface area contributed by atoms with Crippen LogP contribution in [0.1, 0.15) is 36.0 Å². The summed E-state index contributed by atoms with van der Waals surface area (Å²) in [6, 6.07) is 6.38. The third-order valence-electron chi connectivity index (χ3n) is 4.95. The van der Waals surface area contributed by atoms with E-state index in [1.807, 2.05) is 0 Å². The van der Waals surface area contributed by atoms with E-state index in [4.69, 9.17) is 4.74 Å². The Morgan fingerprint density at radius 3 is 2.59 bits per heavy atom. The van der Waals surface area contributed by atoms with E-state index in [9.17, 15) is 4.79 Å². The van der Waals surface area contributed by atoms with Crippen molar-refractivity contribution in [2.45, 2.75) is 45.6 Å². The molecule has 1 amide bonds. The topological polar surface area (TPSA) is 66.0 Å². The molecule has 0 spiro atoms. The molecule has 0 aliphatic carbocycles. The SMILES string of the molecule is Cc1cccc(C)c1CCNC(=NCC(=O)N(C)C)NCC1CCCCO1. The zero-order chi connectivity index (χ0) is 19.6. The molecule has 1 saturated heterocycles. The number of aliphatic imine (C=N–C) groups is 1. The predicted molar refractivity (Wildman–Crippen MR) is 110 cm³/mol. The number of hydrogen-bond donors (Lipinski definition) is 2. The Morgan fingerprint density at radius 2 is 1.96 bits per heavy atom. The van der Waals surface area contributed by atoms with Gasteiger partial charge in [0.15, 0.2) is 5.96 Å². The molecule has 27 heavy (non-hydrogen) atoms. The number of likely N-dealkylation sites (N-methyl/N-ethyl adjacent to an activating group) is 1. The van der Waals surface area contributed by atoms with Crippen molar-refractivity contribution in [3.05, 3.63) is 34.9 Å². The minimum Gasteiger partial charge on any atom is -0.376 e. The molecule has 1 aromatic carbocycles. The summed E-state index contributed by atoms with van der Waals surface area (Å²) in [5.41, 5.74) is 3.98. The summed E-state index contributed by atoms with van der Waals surface area (Å²) in [7, 11) is 3.49. The highest BCUT2D eigenvalue weighted by Gasteiger charge is 2.14. The molecule has 2 N–H and O–H groups in total. The lowest BCUT2D eigenvalue weighted by Gasteiger charge is -2.24. The molecule has 2 rings (SSSR count). The minimum atomic E-state index is -0.0141. The van der Waals surface area contributed by atoms with Crippen LogP contribution < -0.4 is 10.6 Å². The Labute approximate surface area is 163 Å². The first-order chi connectivity index (χ1) is 13.0. The van der Waals surface area contributed by atoms with Gasteiger partial charge in [0, 0.05) is 33.8 Å². The van der Waals surface area contributed by atoms with E-state index in [0.29, 0.717) is 12.5 Å². The van der Waals surface area contributed by atoms with E-state index in [1.165, 1.54) is 23.1 Å². The smallest absolute Gasteiger partial charge is 0.243 e. The van der Waals surface area contributed by atoms with E-state index >= 15 is 0 Å². The van der Waals surface area contributed by atoms with Gasteiger partial charge in [-0.1, -0.05) is 18.2 Å². The summed E-state index contributed by atoms with van der Waals surface area (Å²) in [5.74, 6) is 0.658. The number of nitrogens with zero attached hydrogens (tertiary/aromatic N) is 2. The fraction of sp³-hybridized carbons (Fsp3) is 0.619. The number of ether oxygens (including phenoxy) is 1. The summed E-state index contributed by atoms with van der Waals surface area (Å²) in [5, 5.41) is 6.71. The number of hydrogen-bond acceptors (Lipinski definition) is 3. The summed E-state index contributed by atoms with van der Waals surface area (Å²) >= 11 is 0. The zero-order valence-corrected chi connectivity index (χ0v) is 17.2. The van der Waals surface area contributed by atoms with E-state index in [-0.39, 0.29) is 18.6 Å². The van der Waals surface area contributed by atoms with Crippen LogP contribution in [0.3, 0.4) is 0 Å². The van der Waals surface area contributed by atoms with Crippen molar-refractivity contribution in [2.75, 3.05) is 40.3 Å². The molecule has 0 bridgehead atoms. The summed E-state index contributed by atoms with van der Waals surface area (Å²) in [6.07, 6.45) is 4.55. The fourth-order valence-corrected chi connectivity index (χ4v) is 3.19. The first-order valence-electron chi connectivity index (χ1n) is 9.86. The van der Waals surface area contributed by atoms with Crippen LogP contribution in [0.5, 0.6) is 0 Å². The molecule has 1 aliphatic heterocycles. The van der Waals surface area contributed by atoms with Crippen molar-refractivity contribution in [3.63, 3.8) is 0 Å². The minimum absolute atomic E-state index is 0.0141. The van der Waals surface area contributed by atoms with E-state index < -0.39 is 0 Å². The first-order valence-corrected chi connectivity index (χ1v) is 9.86. The Morgan fingerprint density at radius 1 is 1.22 bits per heavy atom. The molecular weight excluding hydrogens is 340 g/mol. The van der Waals surface area contributed by atoms with Crippen LogP contribution in [-0.4, -0.2) is 63.2 Å². The molecule has 150 valence electrons. The van der Waals surface area contributed by atoms with Crippen LogP contribution in [0.2, 0.25) is 0 Å². The van der Waals surface area contributed by atoms with Crippen molar-refractivity contribution < 1.29 is 9.53 Å². The van der Waals surface area contributed by atoms with Gasteiger partial charge < -0.3 is 20.3 Å². The average Bonchev–Trinajstić information content (AvgIpc) is 2.66. The number of carbonyl (C=O) groups excluding carboxylic acids is 1. The summed E-state index contributed by atoms with van der Waals surface area (Å²) in [6.45, 7) is 6.73. The second-order valence-corrected chi connectivity index (χ2v) is 7.37. The van der Waals surface area contributed by atoms with E-state index in [2.05, 4.69) is 47.7 Å². The van der Waals surface area contributed by atoms with Gasteiger partial charge in [0.1, 0.15) is 6.54 Å². The average molecular weight is 375 g/mol. The lowest BCUT2D eigenvalue weighted by atomic mass is 10.0. The molecule has 1 aliphatic rings. The van der Waals surface area contributed by atoms with Crippen molar-refractivity contribution in [3.8, 4) is 0 Å². The van der Waals surface area contributed by atoms with Gasteiger partial charge in [0.2, 0.25) is 5.91 Å². The molecular formula is C21H34N4O2. The molecule has 1 atom stereocenters. The van der Waals surface area contributed by atoms with Gasteiger partial charge in [-0.3, -0.25) is 4.79 Å². The molecule has 6 heteroatoms. The molecule has 1 unspecified atom stereocenters. The van der Waals surface area contributed by atoms with Gasteiger partial charge in [-0.25, -0.2) is 4.99 Å². The van der Waals surface area contributed by atoms with Gasteiger partial charge >= 0.3 is 0 Å². The number of amides is 1. The van der Waals surface area contributed by atoms with Crippen LogP contribution in [-0.2, 0) is 16.0 Å². The molecule has 6 nitrogen and oxygen atoms in total. The van der Waals surface area contributed by atoms with Gasteiger partial charge in [0.05, 0.1) is 6.10 Å². The van der Waals surface area contributed by atoms with Gasteiger partial charge in [0.25, 0.3) is 0 Å². The Kier molecular flexibility index (Phi) is 8.58. The van der Waals surface area contributed by atoms with Crippen molar-refractivity contribution >= 4 is 11.9 Å². The molecule has 0 aromatic heterocycles. The van der Waals surface area contributed by atoms with Crippen LogP contribution in [0.25, 0.3) is 0 Å². The van der Waals surface area contributed by atoms with Gasteiger partial charge in [-0.2, -0.15) is 0 Å². The normalized spacial score (nSPS) is 17.5. The number of carbonyl (C=O) groups is 1. The fourth-order valence-electron chi connectivity index (χ4n) is 3.19. The number of rotatable bonds is 7. The maximum Gasteiger partial charge on any atom is 0.243 e. The quantitative estimate of drug-likeness (QED) is 0.566. The van der Waals surface area contributed by atoms with Crippen molar-refractivity contribution in [2.24, 2.45) is 4.99 Å². The third kappa shape index (κ3) is 7.21. The van der Waals surface area contributed by atoms with Crippen LogP contribution >= 0.6 is 0 Å². The highest BCUT2D eigenvalue weighted by molar-refractivity contribution is 5.84. The lowest BCUT2D eigenvalue weighted by molar-refractivity contribution is -0.127. The molecule has 1 fully saturated rings. The largest absolute Gasteiger partial charge is 0.376 e. The lowest BCUT2D eigenvalue weighted by Crippen LogP contribution is -2.43.